The van der Waals surface area contributed by atoms with Crippen molar-refractivity contribution in [3.63, 3.8) is 0 Å². The number of hydrogen-bond acceptors (Lipinski definition) is 5. The molecule has 8 heteroatoms. The number of hydrogen-bond donors (Lipinski definition) is 1. The average molecular weight is 472 g/mol. The molecule has 2 aromatic heterocycles. The molecule has 4 rings (SSSR count). The van der Waals surface area contributed by atoms with Crippen LogP contribution in [0.1, 0.15) is 10.6 Å². The third kappa shape index (κ3) is 4.26. The Hall–Kier alpha value is -2.61. The van der Waals surface area contributed by atoms with Crippen LogP contribution in [0, 0.1) is 13.8 Å². The van der Waals surface area contributed by atoms with Gasteiger partial charge in [-0.2, -0.15) is 0 Å². The summed E-state index contributed by atoms with van der Waals surface area (Å²) in [4.78, 5) is 8.70. The van der Waals surface area contributed by atoms with Crippen molar-refractivity contribution in [3.8, 4) is 11.1 Å². The molecule has 0 amide bonds. The van der Waals surface area contributed by atoms with E-state index in [1.54, 1.807) is 29.5 Å². The van der Waals surface area contributed by atoms with Gasteiger partial charge < -0.3 is 4.90 Å². The Kier molecular flexibility index (Phi) is 5.68. The van der Waals surface area contributed by atoms with E-state index in [2.05, 4.69) is 15.8 Å². The van der Waals surface area contributed by atoms with E-state index < -0.39 is 10.0 Å². The molecule has 0 saturated carbocycles. The van der Waals surface area contributed by atoms with Gasteiger partial charge in [0.2, 0.25) is 0 Å². The number of fused-ring (bicyclic) bond motifs is 1. The van der Waals surface area contributed by atoms with E-state index in [1.807, 2.05) is 51.0 Å². The van der Waals surface area contributed by atoms with Crippen LogP contribution in [0.3, 0.4) is 0 Å². The molecule has 2 aromatic carbocycles. The monoisotopic (exact) mass is 471 g/mol. The van der Waals surface area contributed by atoms with Crippen LogP contribution in [0.4, 0.5) is 11.4 Å². The molecule has 0 unspecified atom stereocenters. The molecule has 0 fully saturated rings. The zero-order valence-corrected chi connectivity index (χ0v) is 20.0. The molecule has 5 nitrogen and oxygen atoms in total. The number of aromatic nitrogens is 1. The van der Waals surface area contributed by atoms with Gasteiger partial charge in [-0.25, -0.2) is 13.4 Å². The third-order valence-electron chi connectivity index (χ3n) is 4.97. The molecule has 1 N–H and O–H groups in total. The highest BCUT2D eigenvalue weighted by molar-refractivity contribution is 7.92. The van der Waals surface area contributed by atoms with E-state index in [0.717, 1.165) is 37.6 Å². The van der Waals surface area contributed by atoms with Crippen molar-refractivity contribution in [2.45, 2.75) is 18.7 Å². The highest BCUT2D eigenvalue weighted by Crippen LogP contribution is 2.42. The minimum atomic E-state index is -3.82. The number of aryl methyl sites for hydroxylation is 2. The standard InChI is InChI=1S/C23H22ClN3O2S2/c1-14-11-20(26-31(28,29)19-10-6-8-17(24)13-19)22-21(15(2)30-23(22)25-14)16-7-5-9-18(12-16)27(3)4/h5-13H,1-4H3,(H,25,26). The summed E-state index contributed by atoms with van der Waals surface area (Å²) in [6.07, 6.45) is 0. The van der Waals surface area contributed by atoms with E-state index in [1.165, 1.54) is 12.1 Å². The molecular weight excluding hydrogens is 450 g/mol. The maximum absolute atomic E-state index is 13.1. The van der Waals surface area contributed by atoms with Gasteiger partial charge in [-0.15, -0.1) is 11.3 Å². The Labute approximate surface area is 191 Å². The molecule has 160 valence electrons. The summed E-state index contributed by atoms with van der Waals surface area (Å²) in [6, 6.07) is 16.2. The number of pyridine rings is 1. The first-order valence-electron chi connectivity index (χ1n) is 9.62. The van der Waals surface area contributed by atoms with Crippen LogP contribution < -0.4 is 9.62 Å². The first-order chi connectivity index (χ1) is 14.7. The molecule has 2 heterocycles. The van der Waals surface area contributed by atoms with Crippen molar-refractivity contribution in [1.82, 2.24) is 4.98 Å². The van der Waals surface area contributed by atoms with Gasteiger partial charge in [0.1, 0.15) is 4.83 Å². The van der Waals surface area contributed by atoms with E-state index in [0.29, 0.717) is 10.7 Å². The number of benzene rings is 2. The van der Waals surface area contributed by atoms with Gasteiger partial charge in [0, 0.05) is 46.3 Å². The summed E-state index contributed by atoms with van der Waals surface area (Å²) in [6.45, 7) is 3.90. The quantitative estimate of drug-likeness (QED) is 0.382. The first-order valence-corrected chi connectivity index (χ1v) is 12.3. The largest absolute Gasteiger partial charge is 0.378 e. The van der Waals surface area contributed by atoms with Crippen LogP contribution in [0.5, 0.6) is 0 Å². The zero-order chi connectivity index (χ0) is 22.3. The van der Waals surface area contributed by atoms with Crippen LogP contribution in [0.15, 0.2) is 59.5 Å². The third-order valence-corrected chi connectivity index (χ3v) is 7.57. The normalized spacial score (nSPS) is 11.6. The Morgan fingerprint density at radius 3 is 2.48 bits per heavy atom. The Morgan fingerprint density at radius 1 is 1.03 bits per heavy atom. The molecule has 0 spiro atoms. The molecule has 4 aromatic rings. The van der Waals surface area contributed by atoms with E-state index in [9.17, 15) is 8.42 Å². The van der Waals surface area contributed by atoms with Crippen molar-refractivity contribution in [2.24, 2.45) is 0 Å². The molecule has 0 radical (unpaired) electrons. The molecule has 31 heavy (non-hydrogen) atoms. The fourth-order valence-electron chi connectivity index (χ4n) is 3.54. The summed E-state index contributed by atoms with van der Waals surface area (Å²) >= 11 is 7.58. The second kappa shape index (κ2) is 8.15. The van der Waals surface area contributed by atoms with E-state index in [-0.39, 0.29) is 4.90 Å². The molecule has 0 aliphatic rings. The van der Waals surface area contributed by atoms with Gasteiger partial charge in [-0.3, -0.25) is 4.72 Å². The van der Waals surface area contributed by atoms with Crippen LogP contribution in [0.25, 0.3) is 21.3 Å². The summed E-state index contributed by atoms with van der Waals surface area (Å²) in [7, 11) is 0.165. The van der Waals surface area contributed by atoms with Crippen LogP contribution >= 0.6 is 22.9 Å². The molecule has 0 atom stereocenters. The smallest absolute Gasteiger partial charge is 0.261 e. The highest BCUT2D eigenvalue weighted by Gasteiger charge is 2.21. The minimum absolute atomic E-state index is 0.116. The number of sulfonamides is 1. The van der Waals surface area contributed by atoms with Crippen molar-refractivity contribution in [3.05, 3.63) is 70.2 Å². The number of thiophene rings is 1. The topological polar surface area (TPSA) is 62.3 Å². The molecule has 0 bridgehead atoms. The SMILES string of the molecule is Cc1cc(NS(=O)(=O)c2cccc(Cl)c2)c2c(-c3cccc(N(C)C)c3)c(C)sc2n1. The van der Waals surface area contributed by atoms with Gasteiger partial charge >= 0.3 is 0 Å². The Balaban J connectivity index is 1.92. The zero-order valence-electron chi connectivity index (χ0n) is 17.6. The van der Waals surface area contributed by atoms with E-state index in [4.69, 9.17) is 11.6 Å². The first kappa shape index (κ1) is 21.6. The summed E-state index contributed by atoms with van der Waals surface area (Å²) in [5.41, 5.74) is 4.32. The van der Waals surface area contributed by atoms with Crippen molar-refractivity contribution in [2.75, 3.05) is 23.7 Å². The Bertz CT molecular complexity index is 1400. The Morgan fingerprint density at radius 2 is 1.77 bits per heavy atom. The number of nitrogens with one attached hydrogen (secondary N) is 1. The predicted molar refractivity (Wildman–Crippen MR) is 131 cm³/mol. The average Bonchev–Trinajstić information content (AvgIpc) is 3.03. The van der Waals surface area contributed by atoms with Crippen LogP contribution in [-0.2, 0) is 10.0 Å². The maximum Gasteiger partial charge on any atom is 0.261 e. The lowest BCUT2D eigenvalue weighted by molar-refractivity contribution is 0.601. The number of anilines is 2. The number of rotatable bonds is 5. The maximum atomic E-state index is 13.1. The molecule has 0 saturated heterocycles. The lowest BCUT2D eigenvalue weighted by Gasteiger charge is -2.15. The summed E-state index contributed by atoms with van der Waals surface area (Å²) in [5.74, 6) is 0. The molecule has 0 aliphatic heterocycles. The van der Waals surface area contributed by atoms with E-state index >= 15 is 0 Å². The lowest BCUT2D eigenvalue weighted by Crippen LogP contribution is -2.13. The molecular formula is C23H22ClN3O2S2. The fraction of sp³-hybridized carbons (Fsp3) is 0.174. The summed E-state index contributed by atoms with van der Waals surface area (Å²) < 4.78 is 29.0. The second-order valence-corrected chi connectivity index (χ2v) is 10.9. The van der Waals surface area contributed by atoms with Gasteiger partial charge in [0.25, 0.3) is 10.0 Å². The van der Waals surface area contributed by atoms with Gasteiger partial charge in [0.05, 0.1) is 10.6 Å². The fourth-order valence-corrected chi connectivity index (χ4v) is 6.02. The summed E-state index contributed by atoms with van der Waals surface area (Å²) in [5, 5.41) is 1.17. The van der Waals surface area contributed by atoms with Crippen molar-refractivity contribution >= 4 is 54.6 Å². The number of halogens is 1. The van der Waals surface area contributed by atoms with Crippen molar-refractivity contribution in [1.29, 1.82) is 0 Å². The van der Waals surface area contributed by atoms with Gasteiger partial charge in [-0.05, 0) is 55.8 Å². The van der Waals surface area contributed by atoms with Gasteiger partial charge in [-0.1, -0.05) is 29.8 Å². The number of nitrogens with zero attached hydrogens (tertiary/aromatic N) is 2. The van der Waals surface area contributed by atoms with Crippen LogP contribution in [-0.4, -0.2) is 27.5 Å². The second-order valence-electron chi connectivity index (χ2n) is 7.53. The highest BCUT2D eigenvalue weighted by atomic mass is 35.5. The van der Waals surface area contributed by atoms with Crippen LogP contribution in [0.2, 0.25) is 5.02 Å². The predicted octanol–water partition coefficient (Wildman–Crippen LogP) is 6.10. The van der Waals surface area contributed by atoms with Gasteiger partial charge in [0.15, 0.2) is 0 Å². The minimum Gasteiger partial charge on any atom is -0.378 e. The lowest BCUT2D eigenvalue weighted by atomic mass is 10.0. The van der Waals surface area contributed by atoms with Crippen molar-refractivity contribution < 1.29 is 8.42 Å². The molecule has 0 aliphatic carbocycles.